The second-order valence-corrected chi connectivity index (χ2v) is 9.96. The van der Waals surface area contributed by atoms with Crippen molar-refractivity contribution in [1.82, 2.24) is 5.32 Å². The number of carbonyl (C=O) groups is 1. The molecule has 0 spiro atoms. The first-order valence-electron chi connectivity index (χ1n) is 9.22. The van der Waals surface area contributed by atoms with Gasteiger partial charge in [-0.05, 0) is 61.0 Å². The molecule has 0 aliphatic rings. The van der Waals surface area contributed by atoms with E-state index < -0.39 is 22.5 Å². The maximum atomic E-state index is 13.3. The molecule has 0 aliphatic carbocycles. The number of rotatable bonds is 7. The number of anilines is 1. The third kappa shape index (κ3) is 5.92. The molecule has 1 N–H and O–H groups in total. The molecule has 0 unspecified atom stereocenters. The minimum absolute atomic E-state index is 0.0334. The molecule has 0 bridgehead atoms. The summed E-state index contributed by atoms with van der Waals surface area (Å²) in [5, 5.41) is 4.02. The molecule has 0 aromatic heterocycles. The predicted octanol–water partition coefficient (Wildman–Crippen LogP) is 5.47. The second-order valence-electron chi connectivity index (χ2n) is 6.81. The Hall–Kier alpha value is -2.25. The maximum Gasteiger partial charge on any atom is 0.264 e. The Morgan fingerprint density at radius 1 is 0.903 bits per heavy atom. The Bertz CT molecular complexity index is 1180. The van der Waals surface area contributed by atoms with Crippen molar-refractivity contribution in [2.24, 2.45) is 0 Å². The fraction of sp³-hybridized carbons (Fsp3) is 0.136. The lowest BCUT2D eigenvalue weighted by molar-refractivity contribution is -0.119. The normalized spacial score (nSPS) is 11.2. The van der Waals surface area contributed by atoms with Crippen LogP contribution in [0.2, 0.25) is 15.1 Å². The number of halogens is 3. The number of benzene rings is 3. The molecule has 3 rings (SSSR count). The molecule has 0 saturated carbocycles. The first-order chi connectivity index (χ1) is 14.7. The molecule has 3 aromatic carbocycles. The number of nitrogens with zero attached hydrogens (tertiary/aromatic N) is 1. The van der Waals surface area contributed by atoms with E-state index in [1.807, 2.05) is 6.92 Å². The Kier molecular flexibility index (Phi) is 7.49. The number of hydrogen-bond donors (Lipinski definition) is 1. The van der Waals surface area contributed by atoms with Crippen molar-refractivity contribution in [2.75, 3.05) is 10.8 Å². The molecular formula is C22H19Cl3N2O3S. The highest BCUT2D eigenvalue weighted by Crippen LogP contribution is 2.25. The average molecular weight is 498 g/mol. The van der Waals surface area contributed by atoms with E-state index in [-0.39, 0.29) is 11.4 Å². The third-order valence-corrected chi connectivity index (χ3v) is 7.13. The van der Waals surface area contributed by atoms with Crippen LogP contribution >= 0.6 is 34.8 Å². The minimum atomic E-state index is -4.01. The van der Waals surface area contributed by atoms with Gasteiger partial charge in [-0.25, -0.2) is 8.42 Å². The fourth-order valence-corrected chi connectivity index (χ4v) is 4.83. The van der Waals surface area contributed by atoms with Crippen molar-refractivity contribution in [3.8, 4) is 0 Å². The van der Waals surface area contributed by atoms with Gasteiger partial charge in [-0.1, -0.05) is 58.6 Å². The standard InChI is InChI=1S/C22H19Cl3N2O3S/c1-15-2-8-19(9-3-15)27(31(29,30)20-10-6-17(23)7-11-20)14-22(28)26-13-16-4-5-18(24)12-21(16)25/h2-12H,13-14H2,1H3,(H,26,28). The van der Waals surface area contributed by atoms with Crippen LogP contribution in [0.25, 0.3) is 0 Å². The van der Waals surface area contributed by atoms with Gasteiger partial charge in [-0.3, -0.25) is 9.10 Å². The summed E-state index contributed by atoms with van der Waals surface area (Å²) in [4.78, 5) is 12.7. The molecule has 162 valence electrons. The van der Waals surface area contributed by atoms with Gasteiger partial charge in [0.1, 0.15) is 6.54 Å². The van der Waals surface area contributed by atoms with Gasteiger partial charge < -0.3 is 5.32 Å². The summed E-state index contributed by atoms with van der Waals surface area (Å²) in [6, 6.07) is 17.6. The van der Waals surface area contributed by atoms with Crippen LogP contribution < -0.4 is 9.62 Å². The number of sulfonamides is 1. The van der Waals surface area contributed by atoms with E-state index in [4.69, 9.17) is 34.8 Å². The van der Waals surface area contributed by atoms with Gasteiger partial charge in [0.15, 0.2) is 0 Å². The summed E-state index contributed by atoms with van der Waals surface area (Å²) in [5.41, 5.74) is 2.01. The Morgan fingerprint density at radius 3 is 2.13 bits per heavy atom. The number of aryl methyl sites for hydroxylation is 1. The van der Waals surface area contributed by atoms with Crippen molar-refractivity contribution in [3.63, 3.8) is 0 Å². The van der Waals surface area contributed by atoms with Crippen molar-refractivity contribution in [3.05, 3.63) is 92.9 Å². The first-order valence-corrected chi connectivity index (χ1v) is 11.8. The topological polar surface area (TPSA) is 66.5 Å². The Balaban J connectivity index is 1.85. The lowest BCUT2D eigenvalue weighted by atomic mass is 10.2. The van der Waals surface area contributed by atoms with E-state index in [2.05, 4.69) is 5.32 Å². The summed E-state index contributed by atoms with van der Waals surface area (Å²) < 4.78 is 27.7. The van der Waals surface area contributed by atoms with E-state index in [0.717, 1.165) is 9.87 Å². The quantitative estimate of drug-likeness (QED) is 0.471. The minimum Gasteiger partial charge on any atom is -0.350 e. The summed E-state index contributed by atoms with van der Waals surface area (Å²) in [5.74, 6) is -0.482. The summed E-state index contributed by atoms with van der Waals surface area (Å²) in [7, 11) is -4.01. The van der Waals surface area contributed by atoms with E-state index in [9.17, 15) is 13.2 Å². The first kappa shape index (κ1) is 23.4. The van der Waals surface area contributed by atoms with Crippen molar-refractivity contribution < 1.29 is 13.2 Å². The van der Waals surface area contributed by atoms with Crippen molar-refractivity contribution >= 4 is 56.4 Å². The van der Waals surface area contributed by atoms with E-state index in [0.29, 0.717) is 26.3 Å². The molecular weight excluding hydrogens is 479 g/mol. The predicted molar refractivity (Wildman–Crippen MR) is 125 cm³/mol. The zero-order valence-electron chi connectivity index (χ0n) is 16.5. The highest BCUT2D eigenvalue weighted by molar-refractivity contribution is 7.92. The molecule has 0 saturated heterocycles. The lowest BCUT2D eigenvalue weighted by Gasteiger charge is -2.24. The Morgan fingerprint density at radius 2 is 1.52 bits per heavy atom. The molecule has 0 radical (unpaired) electrons. The highest BCUT2D eigenvalue weighted by Gasteiger charge is 2.27. The van der Waals surface area contributed by atoms with Gasteiger partial charge in [0, 0.05) is 21.6 Å². The third-order valence-electron chi connectivity index (χ3n) is 4.50. The van der Waals surface area contributed by atoms with E-state index in [1.165, 1.54) is 24.3 Å². The number of hydrogen-bond acceptors (Lipinski definition) is 3. The van der Waals surface area contributed by atoms with Crippen molar-refractivity contribution in [2.45, 2.75) is 18.4 Å². The monoisotopic (exact) mass is 496 g/mol. The van der Waals surface area contributed by atoms with E-state index in [1.54, 1.807) is 42.5 Å². The average Bonchev–Trinajstić information content (AvgIpc) is 2.72. The van der Waals surface area contributed by atoms with Crippen LogP contribution in [0.4, 0.5) is 5.69 Å². The number of carbonyl (C=O) groups excluding carboxylic acids is 1. The van der Waals surface area contributed by atoms with Crippen molar-refractivity contribution in [1.29, 1.82) is 0 Å². The van der Waals surface area contributed by atoms with Crippen LogP contribution in [0.15, 0.2) is 71.6 Å². The Labute approximate surface area is 196 Å². The van der Waals surface area contributed by atoms with Crippen LogP contribution in [0.5, 0.6) is 0 Å². The molecule has 0 heterocycles. The summed E-state index contributed by atoms with van der Waals surface area (Å²) in [6.45, 7) is 1.63. The van der Waals surface area contributed by atoms with Crippen LogP contribution in [-0.2, 0) is 21.4 Å². The largest absolute Gasteiger partial charge is 0.350 e. The smallest absolute Gasteiger partial charge is 0.264 e. The lowest BCUT2D eigenvalue weighted by Crippen LogP contribution is -2.40. The van der Waals surface area contributed by atoms with Gasteiger partial charge in [-0.15, -0.1) is 0 Å². The molecule has 5 nitrogen and oxygen atoms in total. The molecule has 9 heteroatoms. The molecule has 1 amide bonds. The second kappa shape index (κ2) is 9.92. The molecule has 0 atom stereocenters. The molecule has 31 heavy (non-hydrogen) atoms. The number of nitrogens with one attached hydrogen (secondary N) is 1. The summed E-state index contributed by atoms with van der Waals surface area (Å²) in [6.07, 6.45) is 0. The molecule has 0 aliphatic heterocycles. The SMILES string of the molecule is Cc1ccc(N(CC(=O)NCc2ccc(Cl)cc2Cl)S(=O)(=O)c2ccc(Cl)cc2)cc1. The van der Waals surface area contributed by atoms with Crippen LogP contribution in [-0.4, -0.2) is 20.9 Å². The zero-order chi connectivity index (χ0) is 22.6. The summed E-state index contributed by atoms with van der Waals surface area (Å²) >= 11 is 17.9. The molecule has 0 fully saturated rings. The highest BCUT2D eigenvalue weighted by atomic mass is 35.5. The van der Waals surface area contributed by atoms with Crippen LogP contribution in [0.3, 0.4) is 0 Å². The van der Waals surface area contributed by atoms with Gasteiger partial charge in [0.05, 0.1) is 10.6 Å². The van der Waals surface area contributed by atoms with Gasteiger partial charge in [0.2, 0.25) is 5.91 Å². The van der Waals surface area contributed by atoms with Gasteiger partial charge in [-0.2, -0.15) is 0 Å². The van der Waals surface area contributed by atoms with Gasteiger partial charge >= 0.3 is 0 Å². The van der Waals surface area contributed by atoms with Crippen LogP contribution in [0.1, 0.15) is 11.1 Å². The zero-order valence-corrected chi connectivity index (χ0v) is 19.6. The maximum absolute atomic E-state index is 13.3. The molecule has 3 aromatic rings. The van der Waals surface area contributed by atoms with Crippen LogP contribution in [0, 0.1) is 6.92 Å². The fourth-order valence-electron chi connectivity index (χ4n) is 2.81. The van der Waals surface area contributed by atoms with E-state index >= 15 is 0 Å². The number of amides is 1. The van der Waals surface area contributed by atoms with Gasteiger partial charge in [0.25, 0.3) is 10.0 Å².